The number of carbonyl (C=O) groups excluding carboxylic acids is 1. The van der Waals surface area contributed by atoms with Crippen molar-refractivity contribution >= 4 is 29.3 Å². The summed E-state index contributed by atoms with van der Waals surface area (Å²) in [6.07, 6.45) is 0. The highest BCUT2D eigenvalue weighted by molar-refractivity contribution is 7.99. The molecule has 2 rings (SSSR count). The van der Waals surface area contributed by atoms with Crippen LogP contribution in [0.15, 0.2) is 35.5 Å². The second-order valence-electron chi connectivity index (χ2n) is 4.28. The Labute approximate surface area is 132 Å². The smallest absolute Gasteiger partial charge is 0.316 e. The van der Waals surface area contributed by atoms with Crippen LogP contribution < -0.4 is 0 Å². The fraction of sp³-hybridized carbons (Fsp3) is 0.267. The Morgan fingerprint density at radius 3 is 2.67 bits per heavy atom. The Morgan fingerprint density at radius 2 is 2.00 bits per heavy atom. The fourth-order valence-electron chi connectivity index (χ4n) is 1.70. The van der Waals surface area contributed by atoms with E-state index in [4.69, 9.17) is 16.3 Å². The number of aryl methyl sites for hydroxylation is 1. The molecule has 6 heteroatoms. The Bertz CT molecular complexity index is 632. The number of rotatable bonds is 5. The minimum absolute atomic E-state index is 0.206. The Morgan fingerprint density at radius 1 is 1.29 bits per heavy atom. The zero-order chi connectivity index (χ0) is 15.2. The predicted octanol–water partition coefficient (Wildman–Crippen LogP) is 3.76. The summed E-state index contributed by atoms with van der Waals surface area (Å²) in [5.41, 5.74) is 2.62. The number of aromatic nitrogens is 2. The van der Waals surface area contributed by atoms with Crippen molar-refractivity contribution in [1.29, 1.82) is 0 Å². The highest BCUT2D eigenvalue weighted by Crippen LogP contribution is 2.23. The molecule has 110 valence electrons. The number of halogens is 1. The molecule has 2 aromatic rings. The molecule has 0 saturated carbocycles. The third-order valence-corrected chi connectivity index (χ3v) is 3.67. The van der Waals surface area contributed by atoms with Gasteiger partial charge in [0.1, 0.15) is 0 Å². The van der Waals surface area contributed by atoms with Crippen molar-refractivity contribution in [1.82, 2.24) is 9.97 Å². The van der Waals surface area contributed by atoms with Crippen molar-refractivity contribution in [3.8, 4) is 11.3 Å². The van der Waals surface area contributed by atoms with Gasteiger partial charge in [-0.05, 0) is 32.0 Å². The van der Waals surface area contributed by atoms with Gasteiger partial charge in [0.2, 0.25) is 0 Å². The van der Waals surface area contributed by atoms with E-state index in [1.165, 1.54) is 11.8 Å². The van der Waals surface area contributed by atoms with Gasteiger partial charge in [0.05, 0.1) is 18.1 Å². The molecule has 1 heterocycles. The van der Waals surface area contributed by atoms with Crippen molar-refractivity contribution in [2.24, 2.45) is 0 Å². The van der Waals surface area contributed by atoms with E-state index >= 15 is 0 Å². The number of carbonyl (C=O) groups is 1. The number of hydrogen-bond donors (Lipinski definition) is 0. The normalized spacial score (nSPS) is 10.4. The van der Waals surface area contributed by atoms with Gasteiger partial charge in [-0.1, -0.05) is 35.5 Å². The van der Waals surface area contributed by atoms with Gasteiger partial charge in [0.25, 0.3) is 0 Å². The average molecular weight is 323 g/mol. The summed E-state index contributed by atoms with van der Waals surface area (Å²) >= 11 is 7.16. The molecule has 4 nitrogen and oxygen atoms in total. The van der Waals surface area contributed by atoms with Crippen LogP contribution in [0.1, 0.15) is 12.6 Å². The van der Waals surface area contributed by atoms with Crippen LogP contribution >= 0.6 is 23.4 Å². The van der Waals surface area contributed by atoms with Crippen molar-refractivity contribution in [3.05, 3.63) is 41.0 Å². The molecule has 0 amide bonds. The molecule has 1 aromatic heterocycles. The summed E-state index contributed by atoms with van der Waals surface area (Å²) in [4.78, 5) is 20.2. The predicted molar refractivity (Wildman–Crippen MR) is 84.6 cm³/mol. The van der Waals surface area contributed by atoms with E-state index < -0.39 is 0 Å². The number of benzene rings is 1. The van der Waals surface area contributed by atoms with Crippen molar-refractivity contribution in [2.75, 3.05) is 12.4 Å². The average Bonchev–Trinajstić information content (AvgIpc) is 2.46. The quantitative estimate of drug-likeness (QED) is 0.476. The van der Waals surface area contributed by atoms with Crippen LogP contribution in [0.3, 0.4) is 0 Å². The summed E-state index contributed by atoms with van der Waals surface area (Å²) in [6.45, 7) is 4.06. The van der Waals surface area contributed by atoms with Crippen LogP contribution in [-0.2, 0) is 9.53 Å². The third kappa shape index (κ3) is 4.72. The lowest BCUT2D eigenvalue weighted by atomic mass is 10.1. The largest absolute Gasteiger partial charge is 0.465 e. The van der Waals surface area contributed by atoms with Crippen LogP contribution in [0.4, 0.5) is 0 Å². The molecule has 0 radical (unpaired) electrons. The molecule has 0 aliphatic rings. The van der Waals surface area contributed by atoms with Gasteiger partial charge in [-0.2, -0.15) is 0 Å². The Hall–Kier alpha value is -1.59. The summed E-state index contributed by atoms with van der Waals surface area (Å²) in [5, 5.41) is 1.24. The molecule has 0 spiro atoms. The van der Waals surface area contributed by atoms with Crippen LogP contribution in [0.2, 0.25) is 5.02 Å². The number of ether oxygens (including phenoxy) is 1. The molecular weight excluding hydrogens is 308 g/mol. The zero-order valence-electron chi connectivity index (χ0n) is 11.8. The summed E-state index contributed by atoms with van der Waals surface area (Å²) < 4.78 is 4.89. The van der Waals surface area contributed by atoms with Crippen LogP contribution in [0, 0.1) is 6.92 Å². The third-order valence-electron chi connectivity index (χ3n) is 2.60. The van der Waals surface area contributed by atoms with E-state index in [0.29, 0.717) is 16.8 Å². The maximum atomic E-state index is 11.4. The van der Waals surface area contributed by atoms with Crippen LogP contribution in [0.25, 0.3) is 11.3 Å². The van der Waals surface area contributed by atoms with Gasteiger partial charge in [-0.25, -0.2) is 9.97 Å². The molecule has 0 saturated heterocycles. The second-order valence-corrected chi connectivity index (χ2v) is 5.66. The zero-order valence-corrected chi connectivity index (χ0v) is 13.4. The van der Waals surface area contributed by atoms with Gasteiger partial charge >= 0.3 is 5.97 Å². The van der Waals surface area contributed by atoms with Gasteiger partial charge in [0.15, 0.2) is 5.16 Å². The summed E-state index contributed by atoms with van der Waals surface area (Å²) in [5.74, 6) is -0.0576. The molecule has 0 unspecified atom stereocenters. The maximum absolute atomic E-state index is 11.4. The SMILES string of the molecule is CCOC(=O)CSc1nc(C)cc(-c2ccc(Cl)cc2)n1. The first-order valence-electron chi connectivity index (χ1n) is 6.48. The molecule has 0 aliphatic heterocycles. The molecule has 0 fully saturated rings. The van der Waals surface area contributed by atoms with Gasteiger partial charge in [-0.15, -0.1) is 0 Å². The maximum Gasteiger partial charge on any atom is 0.316 e. The van der Waals surface area contributed by atoms with E-state index in [2.05, 4.69) is 9.97 Å². The fourth-order valence-corrected chi connectivity index (χ4v) is 2.53. The Kier molecular flexibility index (Phi) is 5.59. The van der Waals surface area contributed by atoms with E-state index in [9.17, 15) is 4.79 Å². The number of esters is 1. The number of hydrogen-bond acceptors (Lipinski definition) is 5. The van der Waals surface area contributed by atoms with Crippen LogP contribution in [0.5, 0.6) is 0 Å². The highest BCUT2D eigenvalue weighted by Gasteiger charge is 2.08. The van der Waals surface area contributed by atoms with Crippen molar-refractivity contribution in [2.45, 2.75) is 19.0 Å². The van der Waals surface area contributed by atoms with E-state index in [-0.39, 0.29) is 11.7 Å². The molecule has 0 aliphatic carbocycles. The highest BCUT2D eigenvalue weighted by atomic mass is 35.5. The minimum atomic E-state index is -0.263. The minimum Gasteiger partial charge on any atom is -0.465 e. The number of nitrogens with zero attached hydrogens (tertiary/aromatic N) is 2. The van der Waals surface area contributed by atoms with E-state index in [1.807, 2.05) is 37.3 Å². The van der Waals surface area contributed by atoms with Crippen molar-refractivity contribution in [3.63, 3.8) is 0 Å². The second kappa shape index (κ2) is 7.43. The van der Waals surface area contributed by atoms with E-state index in [0.717, 1.165) is 17.0 Å². The first kappa shape index (κ1) is 15.8. The first-order chi connectivity index (χ1) is 10.1. The molecule has 0 bridgehead atoms. The first-order valence-corrected chi connectivity index (χ1v) is 7.85. The molecule has 0 N–H and O–H groups in total. The summed E-state index contributed by atoms with van der Waals surface area (Å²) in [6, 6.07) is 9.35. The van der Waals surface area contributed by atoms with Crippen LogP contribution in [-0.4, -0.2) is 28.3 Å². The molecule has 21 heavy (non-hydrogen) atoms. The molecule has 1 aromatic carbocycles. The van der Waals surface area contributed by atoms with Gasteiger partial charge < -0.3 is 4.74 Å². The lowest BCUT2D eigenvalue weighted by molar-refractivity contribution is -0.139. The number of thioether (sulfide) groups is 1. The van der Waals surface area contributed by atoms with Gasteiger partial charge in [-0.3, -0.25) is 4.79 Å². The monoisotopic (exact) mass is 322 g/mol. The summed E-state index contributed by atoms with van der Waals surface area (Å²) in [7, 11) is 0. The molecular formula is C15H15ClN2O2S. The molecule has 0 atom stereocenters. The van der Waals surface area contributed by atoms with Gasteiger partial charge in [0, 0.05) is 16.3 Å². The lowest BCUT2D eigenvalue weighted by Gasteiger charge is -2.06. The van der Waals surface area contributed by atoms with Crippen molar-refractivity contribution < 1.29 is 9.53 Å². The standard InChI is InChI=1S/C15H15ClN2O2S/c1-3-20-14(19)9-21-15-17-10(2)8-13(18-15)11-4-6-12(16)7-5-11/h4-8H,3,9H2,1-2H3. The lowest BCUT2D eigenvalue weighted by Crippen LogP contribution is -2.07. The Balaban J connectivity index is 2.17. The van der Waals surface area contributed by atoms with E-state index in [1.54, 1.807) is 6.92 Å². The topological polar surface area (TPSA) is 52.1 Å².